The fourth-order valence-electron chi connectivity index (χ4n) is 2.74. The molecule has 0 unspecified atom stereocenters. The average molecular weight is 326 g/mol. The first-order valence-electron chi connectivity index (χ1n) is 8.20. The highest BCUT2D eigenvalue weighted by atomic mass is 16.2. The number of carbonyl (C=O) groups excluding carboxylic acids is 1. The summed E-state index contributed by atoms with van der Waals surface area (Å²) in [5.74, 6) is 0.328. The summed E-state index contributed by atoms with van der Waals surface area (Å²) < 4.78 is 1.20. The van der Waals surface area contributed by atoms with E-state index in [2.05, 4.69) is 29.2 Å². The van der Waals surface area contributed by atoms with Crippen molar-refractivity contribution in [3.05, 3.63) is 40.3 Å². The molecule has 3 rings (SSSR count). The highest BCUT2D eigenvalue weighted by molar-refractivity contribution is 6.06. The summed E-state index contributed by atoms with van der Waals surface area (Å²) in [6, 6.07) is 5.97. The van der Waals surface area contributed by atoms with Gasteiger partial charge in [0.1, 0.15) is 12.1 Å². The van der Waals surface area contributed by atoms with E-state index in [0.717, 1.165) is 28.3 Å². The van der Waals surface area contributed by atoms with E-state index in [1.54, 1.807) is 6.20 Å². The van der Waals surface area contributed by atoms with Gasteiger partial charge in [0.25, 0.3) is 5.56 Å². The van der Waals surface area contributed by atoms with Crippen molar-refractivity contribution in [1.29, 1.82) is 0 Å². The number of fused-ring (bicyclic) bond motifs is 3. The molecule has 0 bridgehead atoms. The van der Waals surface area contributed by atoms with Gasteiger partial charge in [-0.1, -0.05) is 25.5 Å². The zero-order valence-electron chi connectivity index (χ0n) is 14.2. The summed E-state index contributed by atoms with van der Waals surface area (Å²) in [6.45, 7) is 6.75. The van der Waals surface area contributed by atoms with Crippen LogP contribution in [-0.4, -0.2) is 27.2 Å². The van der Waals surface area contributed by atoms with Crippen molar-refractivity contribution in [2.45, 2.75) is 33.7 Å². The second-order valence-corrected chi connectivity index (χ2v) is 6.60. The van der Waals surface area contributed by atoms with Crippen LogP contribution in [0.15, 0.2) is 29.2 Å². The molecule has 6 heteroatoms. The largest absolute Gasteiger partial charge is 0.354 e. The minimum absolute atomic E-state index is 0.0682. The Balaban J connectivity index is 1.88. The number of aromatic amines is 1. The molecule has 1 aromatic carbocycles. The normalized spacial score (nSPS) is 11.5. The monoisotopic (exact) mass is 326 g/mol. The van der Waals surface area contributed by atoms with Crippen molar-refractivity contribution in [3.63, 3.8) is 0 Å². The molecule has 0 spiro atoms. The molecular weight excluding hydrogens is 304 g/mol. The third kappa shape index (κ3) is 3.18. The Bertz CT molecular complexity index is 953. The van der Waals surface area contributed by atoms with Gasteiger partial charge in [-0.3, -0.25) is 9.59 Å². The van der Waals surface area contributed by atoms with E-state index in [0.29, 0.717) is 18.0 Å². The fourth-order valence-corrected chi connectivity index (χ4v) is 2.74. The van der Waals surface area contributed by atoms with Crippen LogP contribution in [-0.2, 0) is 11.3 Å². The van der Waals surface area contributed by atoms with Crippen LogP contribution in [0.25, 0.3) is 21.8 Å². The number of aryl methyl sites for hydroxylation is 1. The molecule has 6 nitrogen and oxygen atoms in total. The second kappa shape index (κ2) is 6.47. The number of carbonyl (C=O) groups is 1. The van der Waals surface area contributed by atoms with Crippen molar-refractivity contribution >= 4 is 27.7 Å². The molecule has 0 aliphatic carbocycles. The molecule has 0 saturated carbocycles. The number of aromatic nitrogens is 3. The van der Waals surface area contributed by atoms with Gasteiger partial charge in [0.05, 0.1) is 6.20 Å². The quantitative estimate of drug-likeness (QED) is 0.755. The first-order valence-corrected chi connectivity index (χ1v) is 8.20. The summed E-state index contributed by atoms with van der Waals surface area (Å²) in [4.78, 5) is 27.7. The predicted octanol–water partition coefficient (Wildman–Crippen LogP) is 2.35. The molecule has 0 radical (unpaired) electrons. The van der Waals surface area contributed by atoms with Crippen LogP contribution in [0.1, 0.15) is 25.8 Å². The van der Waals surface area contributed by atoms with Gasteiger partial charge in [-0.25, -0.2) is 4.68 Å². The maximum atomic E-state index is 12.6. The lowest BCUT2D eigenvalue weighted by molar-refractivity contribution is -0.121. The number of amides is 1. The number of rotatable bonds is 5. The zero-order valence-corrected chi connectivity index (χ0v) is 14.2. The van der Waals surface area contributed by atoms with Crippen LogP contribution >= 0.6 is 0 Å². The van der Waals surface area contributed by atoms with Crippen molar-refractivity contribution in [2.75, 3.05) is 6.54 Å². The number of nitrogens with zero attached hydrogens (tertiary/aromatic N) is 2. The third-order valence-corrected chi connectivity index (χ3v) is 4.11. The van der Waals surface area contributed by atoms with Gasteiger partial charge in [-0.2, -0.15) is 5.10 Å². The maximum Gasteiger partial charge on any atom is 0.291 e. The van der Waals surface area contributed by atoms with E-state index in [-0.39, 0.29) is 18.0 Å². The SMILES string of the molecule is Cc1ccc2[nH]c3c(=O)n(CC(=O)NCCC(C)C)ncc3c2c1. The van der Waals surface area contributed by atoms with Crippen LogP contribution in [0.3, 0.4) is 0 Å². The summed E-state index contributed by atoms with van der Waals surface area (Å²) in [5, 5.41) is 8.75. The summed E-state index contributed by atoms with van der Waals surface area (Å²) in [6.07, 6.45) is 2.56. The van der Waals surface area contributed by atoms with Crippen LogP contribution in [0.4, 0.5) is 0 Å². The van der Waals surface area contributed by atoms with E-state index in [1.807, 2.05) is 25.1 Å². The lowest BCUT2D eigenvalue weighted by Gasteiger charge is -2.08. The molecule has 3 aromatic rings. The molecule has 0 aliphatic heterocycles. The molecule has 2 aromatic heterocycles. The summed E-state index contributed by atoms with van der Waals surface area (Å²) in [5.41, 5.74) is 2.23. The van der Waals surface area contributed by atoms with Crippen LogP contribution in [0.2, 0.25) is 0 Å². The lowest BCUT2D eigenvalue weighted by atomic mass is 10.1. The molecule has 2 N–H and O–H groups in total. The highest BCUT2D eigenvalue weighted by Gasteiger charge is 2.12. The second-order valence-electron chi connectivity index (χ2n) is 6.60. The summed E-state index contributed by atoms with van der Waals surface area (Å²) in [7, 11) is 0. The first-order chi connectivity index (χ1) is 11.5. The number of H-pyrrole nitrogens is 1. The van der Waals surface area contributed by atoms with Crippen LogP contribution in [0.5, 0.6) is 0 Å². The predicted molar refractivity (Wildman–Crippen MR) is 95.1 cm³/mol. The molecule has 0 aliphatic rings. The van der Waals surface area contributed by atoms with E-state index >= 15 is 0 Å². The average Bonchev–Trinajstić information content (AvgIpc) is 2.88. The molecule has 2 heterocycles. The van der Waals surface area contributed by atoms with E-state index in [9.17, 15) is 9.59 Å². The van der Waals surface area contributed by atoms with Crippen molar-refractivity contribution in [1.82, 2.24) is 20.1 Å². The topological polar surface area (TPSA) is 79.8 Å². The molecule has 24 heavy (non-hydrogen) atoms. The molecule has 0 atom stereocenters. The Kier molecular flexibility index (Phi) is 4.38. The third-order valence-electron chi connectivity index (χ3n) is 4.11. The molecule has 0 saturated heterocycles. The minimum atomic E-state index is -0.277. The maximum absolute atomic E-state index is 12.6. The minimum Gasteiger partial charge on any atom is -0.354 e. The van der Waals surface area contributed by atoms with Crippen LogP contribution < -0.4 is 10.9 Å². The zero-order chi connectivity index (χ0) is 17.3. The smallest absolute Gasteiger partial charge is 0.291 e. The number of benzene rings is 1. The van der Waals surface area contributed by atoms with Crippen molar-refractivity contribution < 1.29 is 4.79 Å². The van der Waals surface area contributed by atoms with E-state index in [1.165, 1.54) is 4.68 Å². The van der Waals surface area contributed by atoms with Crippen LogP contribution in [0, 0.1) is 12.8 Å². The Morgan fingerprint density at radius 2 is 2.12 bits per heavy atom. The molecular formula is C18H22N4O2. The number of hydrogen-bond acceptors (Lipinski definition) is 3. The van der Waals surface area contributed by atoms with E-state index < -0.39 is 0 Å². The lowest BCUT2D eigenvalue weighted by Crippen LogP contribution is -2.34. The van der Waals surface area contributed by atoms with Gasteiger partial charge in [0.15, 0.2) is 0 Å². The van der Waals surface area contributed by atoms with Gasteiger partial charge >= 0.3 is 0 Å². The summed E-state index contributed by atoms with van der Waals surface area (Å²) >= 11 is 0. The Morgan fingerprint density at radius 3 is 2.88 bits per heavy atom. The number of hydrogen-bond donors (Lipinski definition) is 2. The Hall–Kier alpha value is -2.63. The fraction of sp³-hybridized carbons (Fsp3) is 0.389. The van der Waals surface area contributed by atoms with Gasteiger partial charge in [0.2, 0.25) is 5.91 Å². The van der Waals surface area contributed by atoms with E-state index in [4.69, 9.17) is 0 Å². The van der Waals surface area contributed by atoms with Gasteiger partial charge in [-0.15, -0.1) is 0 Å². The molecule has 126 valence electrons. The van der Waals surface area contributed by atoms with Crippen molar-refractivity contribution in [3.8, 4) is 0 Å². The van der Waals surface area contributed by atoms with Crippen molar-refractivity contribution in [2.24, 2.45) is 5.92 Å². The Labute approximate surface area is 139 Å². The Morgan fingerprint density at radius 1 is 1.33 bits per heavy atom. The standard InChI is InChI=1S/C18H22N4O2/c1-11(2)6-7-19-16(23)10-22-18(24)17-14(9-20-22)13-8-12(3)4-5-15(13)21-17/h4-5,8-9,11,21H,6-7,10H2,1-3H3,(H,19,23). The molecule has 1 amide bonds. The van der Waals surface area contributed by atoms with Gasteiger partial charge in [-0.05, 0) is 31.4 Å². The molecule has 0 fully saturated rings. The van der Waals surface area contributed by atoms with Gasteiger partial charge < -0.3 is 10.3 Å². The number of nitrogens with one attached hydrogen (secondary N) is 2. The van der Waals surface area contributed by atoms with Gasteiger partial charge in [0, 0.05) is 22.8 Å². The highest BCUT2D eigenvalue weighted by Crippen LogP contribution is 2.23. The first kappa shape index (κ1) is 16.2.